The highest BCUT2D eigenvalue weighted by atomic mass is 32.2. The molecule has 1 aliphatic heterocycles. The first-order chi connectivity index (χ1) is 13.9. The Hall–Kier alpha value is -2.64. The van der Waals surface area contributed by atoms with E-state index in [0.717, 1.165) is 28.6 Å². The molecule has 1 aliphatic rings. The molecule has 1 aromatic carbocycles. The maximum absolute atomic E-state index is 12.6. The summed E-state index contributed by atoms with van der Waals surface area (Å²) < 4.78 is 5.06. The molecule has 150 valence electrons. The minimum Gasteiger partial charge on any atom is -0.506 e. The number of hydrogen-bond donors (Lipinski definition) is 1. The minimum absolute atomic E-state index is 0.0733. The van der Waals surface area contributed by atoms with E-state index >= 15 is 0 Å². The minimum atomic E-state index is -0.697. The highest BCUT2D eigenvalue weighted by Crippen LogP contribution is 2.40. The summed E-state index contributed by atoms with van der Waals surface area (Å²) in [5, 5.41) is 10.8. The lowest BCUT2D eigenvalue weighted by Crippen LogP contribution is -2.14. The van der Waals surface area contributed by atoms with Crippen LogP contribution in [-0.2, 0) is 16.0 Å². The van der Waals surface area contributed by atoms with Gasteiger partial charge < -0.3 is 9.84 Å². The van der Waals surface area contributed by atoms with Crippen LogP contribution in [0.4, 0.5) is 0 Å². The first-order valence-electron chi connectivity index (χ1n) is 9.22. The van der Waals surface area contributed by atoms with Gasteiger partial charge in [-0.15, -0.1) is 11.3 Å². The monoisotopic (exact) mass is 427 g/mol. The van der Waals surface area contributed by atoms with Gasteiger partial charge in [-0.05, 0) is 50.6 Å². The molecule has 0 atom stereocenters. The van der Waals surface area contributed by atoms with Gasteiger partial charge in [-0.3, -0.25) is 4.79 Å². The molecule has 2 aromatic rings. The predicted molar refractivity (Wildman–Crippen MR) is 118 cm³/mol. The maximum atomic E-state index is 12.6. The third-order valence-electron chi connectivity index (χ3n) is 4.18. The van der Waals surface area contributed by atoms with Gasteiger partial charge >= 0.3 is 5.97 Å². The molecule has 0 radical (unpaired) electrons. The second-order valence-electron chi connectivity index (χ2n) is 6.30. The first kappa shape index (κ1) is 21.1. The van der Waals surface area contributed by atoms with Gasteiger partial charge in [0.15, 0.2) is 0 Å². The highest BCUT2D eigenvalue weighted by Gasteiger charge is 2.34. The normalized spacial score (nSPS) is 16.7. The summed E-state index contributed by atoms with van der Waals surface area (Å²) in [6.07, 6.45) is 2.72. The summed E-state index contributed by atoms with van der Waals surface area (Å²) in [7, 11) is 0. The Morgan fingerprint density at radius 1 is 1.14 bits per heavy atom. The third-order valence-corrected chi connectivity index (χ3v) is 6.37. The van der Waals surface area contributed by atoms with Crippen molar-refractivity contribution in [3.63, 3.8) is 0 Å². The summed E-state index contributed by atoms with van der Waals surface area (Å²) >= 11 is 2.70. The van der Waals surface area contributed by atoms with Crippen LogP contribution in [0.2, 0.25) is 0 Å². The van der Waals surface area contributed by atoms with Crippen molar-refractivity contribution in [3.8, 4) is 0 Å². The van der Waals surface area contributed by atoms with Crippen LogP contribution < -0.4 is 0 Å². The van der Waals surface area contributed by atoms with Crippen LogP contribution in [0.25, 0.3) is 6.08 Å². The summed E-state index contributed by atoms with van der Waals surface area (Å²) in [5.41, 5.74) is 1.37. The molecule has 0 spiro atoms. The zero-order chi connectivity index (χ0) is 21.0. The van der Waals surface area contributed by atoms with Crippen LogP contribution in [0.3, 0.4) is 0 Å². The molecule has 0 unspecified atom stereocenters. The van der Waals surface area contributed by atoms with Crippen LogP contribution in [0.5, 0.6) is 0 Å². The average molecular weight is 428 g/mol. The molecule has 1 amide bonds. The van der Waals surface area contributed by atoms with Crippen molar-refractivity contribution < 1.29 is 19.4 Å². The highest BCUT2D eigenvalue weighted by molar-refractivity contribution is 8.18. The van der Waals surface area contributed by atoms with Gasteiger partial charge in [0.25, 0.3) is 5.91 Å². The fourth-order valence-corrected chi connectivity index (χ4v) is 4.61. The Morgan fingerprint density at radius 2 is 1.86 bits per heavy atom. The number of rotatable bonds is 5. The summed E-state index contributed by atoms with van der Waals surface area (Å²) in [6, 6.07) is 11.0. The lowest BCUT2D eigenvalue weighted by molar-refractivity contribution is -0.138. The number of thioether (sulfide) groups is 1. The molecule has 7 heteroatoms. The van der Waals surface area contributed by atoms with Crippen molar-refractivity contribution in [2.45, 2.75) is 27.2 Å². The van der Waals surface area contributed by atoms with E-state index in [9.17, 15) is 14.7 Å². The van der Waals surface area contributed by atoms with Gasteiger partial charge in [0.2, 0.25) is 0 Å². The number of benzene rings is 1. The van der Waals surface area contributed by atoms with E-state index < -0.39 is 11.9 Å². The van der Waals surface area contributed by atoms with E-state index in [4.69, 9.17) is 4.74 Å². The van der Waals surface area contributed by atoms with Crippen molar-refractivity contribution in [2.24, 2.45) is 4.99 Å². The molecular formula is C22H21NO4S2. The van der Waals surface area contributed by atoms with Crippen LogP contribution in [-0.4, -0.2) is 28.6 Å². The number of aliphatic imine (C=N–C) groups is 1. The molecule has 3 rings (SSSR count). The smallest absolute Gasteiger partial charge is 0.344 e. The number of carbonyl (C=O) groups is 2. The van der Waals surface area contributed by atoms with Gasteiger partial charge in [0, 0.05) is 15.3 Å². The molecule has 1 N–H and O–H groups in total. The SMILES string of the molecule is CCOC(=O)C1=C(O)/C(=C/c2ccc(CC)s2)SC1=NC(=O)c1ccc(C)cc1. The van der Waals surface area contributed by atoms with Crippen molar-refractivity contribution >= 4 is 46.1 Å². The van der Waals surface area contributed by atoms with E-state index in [1.165, 1.54) is 4.88 Å². The number of esters is 1. The zero-order valence-electron chi connectivity index (χ0n) is 16.4. The number of aliphatic hydroxyl groups is 1. The van der Waals surface area contributed by atoms with Crippen LogP contribution in [0.15, 0.2) is 57.6 Å². The summed E-state index contributed by atoms with van der Waals surface area (Å²) in [6.45, 7) is 5.84. The van der Waals surface area contributed by atoms with Gasteiger partial charge in [0.05, 0.1) is 11.5 Å². The van der Waals surface area contributed by atoms with E-state index in [1.54, 1.807) is 36.5 Å². The maximum Gasteiger partial charge on any atom is 0.344 e. The van der Waals surface area contributed by atoms with Gasteiger partial charge in [-0.2, -0.15) is 0 Å². The molecule has 1 aromatic heterocycles. The second kappa shape index (κ2) is 9.24. The molecule has 5 nitrogen and oxygen atoms in total. The lowest BCUT2D eigenvalue weighted by atomic mass is 10.1. The van der Waals surface area contributed by atoms with Crippen LogP contribution >= 0.6 is 23.1 Å². The van der Waals surface area contributed by atoms with E-state index in [-0.39, 0.29) is 23.0 Å². The summed E-state index contributed by atoms with van der Waals surface area (Å²) in [5.74, 6) is -1.39. The topological polar surface area (TPSA) is 76.0 Å². The molecule has 29 heavy (non-hydrogen) atoms. The first-order valence-corrected chi connectivity index (χ1v) is 10.8. The zero-order valence-corrected chi connectivity index (χ0v) is 18.0. The molecule has 0 aliphatic carbocycles. The number of nitrogens with zero attached hydrogens (tertiary/aromatic N) is 1. The van der Waals surface area contributed by atoms with Crippen molar-refractivity contribution in [2.75, 3.05) is 6.61 Å². The van der Waals surface area contributed by atoms with Crippen molar-refractivity contribution in [3.05, 3.63) is 73.5 Å². The third kappa shape index (κ3) is 4.86. The van der Waals surface area contributed by atoms with Crippen molar-refractivity contribution in [1.82, 2.24) is 0 Å². The Kier molecular flexibility index (Phi) is 6.71. The number of amides is 1. The molecule has 2 heterocycles. The number of hydrogen-bond acceptors (Lipinski definition) is 6. The Balaban J connectivity index is 1.98. The van der Waals surface area contributed by atoms with Gasteiger partial charge in [0.1, 0.15) is 16.4 Å². The van der Waals surface area contributed by atoms with E-state index in [1.807, 2.05) is 31.2 Å². The van der Waals surface area contributed by atoms with Crippen molar-refractivity contribution in [1.29, 1.82) is 0 Å². The number of thiophene rings is 1. The molecule has 0 saturated heterocycles. The lowest BCUT2D eigenvalue weighted by Gasteiger charge is -2.03. The Bertz CT molecular complexity index is 1030. The summed E-state index contributed by atoms with van der Waals surface area (Å²) in [4.78, 5) is 31.7. The molecule has 0 saturated carbocycles. The fourth-order valence-electron chi connectivity index (χ4n) is 2.64. The van der Waals surface area contributed by atoms with Gasteiger partial charge in [-0.1, -0.05) is 36.4 Å². The Morgan fingerprint density at radius 3 is 2.48 bits per heavy atom. The van der Waals surface area contributed by atoms with E-state index in [2.05, 4.69) is 11.9 Å². The molecule has 0 bridgehead atoms. The average Bonchev–Trinajstić information content (AvgIpc) is 3.27. The van der Waals surface area contributed by atoms with E-state index in [0.29, 0.717) is 10.5 Å². The van der Waals surface area contributed by atoms with Crippen LogP contribution in [0, 0.1) is 6.92 Å². The van der Waals surface area contributed by atoms with Gasteiger partial charge in [-0.25, -0.2) is 9.79 Å². The quantitative estimate of drug-likeness (QED) is 0.654. The second-order valence-corrected chi connectivity index (χ2v) is 8.53. The molecular weight excluding hydrogens is 406 g/mol. The largest absolute Gasteiger partial charge is 0.506 e. The Labute approximate surface area is 177 Å². The predicted octanol–water partition coefficient (Wildman–Crippen LogP) is 5.32. The standard InChI is InChI=1S/C22H21NO4S2/c1-4-15-10-11-16(28-15)12-17-19(24)18(22(26)27-5-2)21(29-17)23-20(25)14-8-6-13(3)7-9-14/h6-12,24H,4-5H2,1-3H3/b17-12-,23-21?. The number of aliphatic hydroxyl groups excluding tert-OH is 1. The number of aryl methyl sites for hydroxylation is 2. The fraction of sp³-hybridized carbons (Fsp3) is 0.227. The number of ether oxygens (including phenoxy) is 1. The number of carbonyl (C=O) groups excluding carboxylic acids is 2. The molecule has 0 fully saturated rings. The van der Waals surface area contributed by atoms with Crippen LogP contribution in [0.1, 0.15) is 39.5 Å².